The number of hydrogen-bond donors (Lipinski definition) is 1. The highest BCUT2D eigenvalue weighted by atomic mass is 16.6. The van der Waals surface area contributed by atoms with Crippen molar-refractivity contribution in [1.29, 1.82) is 0 Å². The van der Waals surface area contributed by atoms with Crippen molar-refractivity contribution in [2.45, 2.75) is 18.9 Å². The quantitative estimate of drug-likeness (QED) is 0.916. The third-order valence-electron chi connectivity index (χ3n) is 3.25. The Labute approximate surface area is 112 Å². The minimum atomic E-state index is 0.0717. The van der Waals surface area contributed by atoms with E-state index in [0.717, 1.165) is 35.6 Å². The summed E-state index contributed by atoms with van der Waals surface area (Å²) in [5.41, 5.74) is 7.72. The van der Waals surface area contributed by atoms with E-state index in [1.54, 1.807) is 12.4 Å². The van der Waals surface area contributed by atoms with E-state index >= 15 is 0 Å². The van der Waals surface area contributed by atoms with Crippen LogP contribution in [-0.2, 0) is 6.42 Å². The van der Waals surface area contributed by atoms with E-state index in [0.29, 0.717) is 6.61 Å². The first-order chi connectivity index (χ1) is 9.33. The van der Waals surface area contributed by atoms with Crippen LogP contribution in [0, 0.1) is 0 Å². The highest BCUT2D eigenvalue weighted by Gasteiger charge is 2.20. The molecule has 0 spiro atoms. The molecule has 2 heterocycles. The molecule has 1 aromatic carbocycles. The van der Waals surface area contributed by atoms with Crippen LogP contribution < -0.4 is 15.2 Å². The van der Waals surface area contributed by atoms with Crippen LogP contribution in [0.1, 0.15) is 12.0 Å². The van der Waals surface area contributed by atoms with E-state index in [1.807, 2.05) is 30.3 Å². The largest absolute Gasteiger partial charge is 0.486 e. The predicted octanol–water partition coefficient (Wildman–Crippen LogP) is 2.44. The van der Waals surface area contributed by atoms with Gasteiger partial charge in [0.05, 0.1) is 11.9 Å². The normalized spacial score (nSPS) is 17.2. The van der Waals surface area contributed by atoms with Crippen molar-refractivity contribution in [2.75, 3.05) is 12.3 Å². The Hall–Kier alpha value is -2.23. The van der Waals surface area contributed by atoms with Crippen LogP contribution in [0.4, 0.5) is 5.69 Å². The Morgan fingerprint density at radius 1 is 1.21 bits per heavy atom. The van der Waals surface area contributed by atoms with Gasteiger partial charge in [-0.15, -0.1) is 0 Å². The van der Waals surface area contributed by atoms with Gasteiger partial charge in [-0.3, -0.25) is 4.98 Å². The molecule has 0 unspecified atom stereocenters. The van der Waals surface area contributed by atoms with Crippen LogP contribution in [-0.4, -0.2) is 17.7 Å². The number of benzene rings is 1. The molecule has 0 amide bonds. The smallest absolute Gasteiger partial charge is 0.161 e. The first-order valence-corrected chi connectivity index (χ1v) is 6.40. The van der Waals surface area contributed by atoms with Crippen molar-refractivity contribution in [3.63, 3.8) is 0 Å². The number of aryl methyl sites for hydroxylation is 1. The summed E-state index contributed by atoms with van der Waals surface area (Å²) in [5, 5.41) is 0. The lowest BCUT2D eigenvalue weighted by molar-refractivity contribution is 0.0851. The average molecular weight is 256 g/mol. The molecule has 0 saturated heterocycles. The summed E-state index contributed by atoms with van der Waals surface area (Å²) in [7, 11) is 0. The first kappa shape index (κ1) is 11.8. The van der Waals surface area contributed by atoms with Gasteiger partial charge >= 0.3 is 0 Å². The van der Waals surface area contributed by atoms with E-state index in [9.17, 15) is 0 Å². The fourth-order valence-corrected chi connectivity index (χ4v) is 2.18. The van der Waals surface area contributed by atoms with Gasteiger partial charge < -0.3 is 15.2 Å². The highest BCUT2D eigenvalue weighted by Crippen LogP contribution is 2.31. The van der Waals surface area contributed by atoms with Gasteiger partial charge in [0.25, 0.3) is 0 Å². The summed E-state index contributed by atoms with van der Waals surface area (Å²) >= 11 is 0. The van der Waals surface area contributed by atoms with Crippen LogP contribution in [0.2, 0.25) is 0 Å². The summed E-state index contributed by atoms with van der Waals surface area (Å²) in [4.78, 5) is 3.99. The molecule has 19 heavy (non-hydrogen) atoms. The summed E-state index contributed by atoms with van der Waals surface area (Å²) < 4.78 is 11.6. The minimum absolute atomic E-state index is 0.0717. The van der Waals surface area contributed by atoms with Crippen molar-refractivity contribution in [2.24, 2.45) is 0 Å². The maximum absolute atomic E-state index is 5.91. The Kier molecular flexibility index (Phi) is 3.23. The zero-order valence-corrected chi connectivity index (χ0v) is 10.6. The molecule has 4 heteroatoms. The van der Waals surface area contributed by atoms with Gasteiger partial charge in [-0.25, -0.2) is 0 Å². The Bertz CT molecular complexity index is 572. The third-order valence-corrected chi connectivity index (χ3v) is 3.25. The molecule has 1 aromatic heterocycles. The van der Waals surface area contributed by atoms with Gasteiger partial charge in [0.1, 0.15) is 12.7 Å². The lowest BCUT2D eigenvalue weighted by atomic mass is 10.1. The molecule has 3 rings (SSSR count). The SMILES string of the molecule is Nc1cnccc1CC[C@@H]1COc2ccccc2O1. The van der Waals surface area contributed by atoms with E-state index in [2.05, 4.69) is 4.98 Å². The topological polar surface area (TPSA) is 57.4 Å². The second kappa shape index (κ2) is 5.18. The molecule has 1 aliphatic rings. The summed E-state index contributed by atoms with van der Waals surface area (Å²) in [6.07, 6.45) is 5.26. The third kappa shape index (κ3) is 2.62. The molecule has 0 radical (unpaired) electrons. The van der Waals surface area contributed by atoms with Crippen molar-refractivity contribution in [1.82, 2.24) is 4.98 Å². The molecule has 0 bridgehead atoms. The molecule has 0 fully saturated rings. The molecule has 4 nitrogen and oxygen atoms in total. The number of nitrogen functional groups attached to an aromatic ring is 1. The molecule has 1 aliphatic heterocycles. The average Bonchev–Trinajstić information content (AvgIpc) is 2.46. The number of pyridine rings is 1. The van der Waals surface area contributed by atoms with Crippen LogP contribution in [0.25, 0.3) is 0 Å². The molecule has 0 aliphatic carbocycles. The zero-order chi connectivity index (χ0) is 13.1. The van der Waals surface area contributed by atoms with Crippen molar-refractivity contribution in [3.8, 4) is 11.5 Å². The van der Waals surface area contributed by atoms with Crippen LogP contribution in [0.3, 0.4) is 0 Å². The molecule has 98 valence electrons. The molecule has 0 saturated carbocycles. The molecular formula is C15H16N2O2. The Morgan fingerprint density at radius 3 is 2.89 bits per heavy atom. The highest BCUT2D eigenvalue weighted by molar-refractivity contribution is 5.44. The maximum atomic E-state index is 5.91. The fourth-order valence-electron chi connectivity index (χ4n) is 2.18. The summed E-state index contributed by atoms with van der Waals surface area (Å²) in [5.74, 6) is 1.64. The molecular weight excluding hydrogens is 240 g/mol. The van der Waals surface area contributed by atoms with Crippen molar-refractivity contribution >= 4 is 5.69 Å². The second-order valence-electron chi connectivity index (χ2n) is 4.61. The summed E-state index contributed by atoms with van der Waals surface area (Å²) in [6.45, 7) is 0.585. The van der Waals surface area contributed by atoms with Gasteiger partial charge in [0.2, 0.25) is 0 Å². The number of rotatable bonds is 3. The minimum Gasteiger partial charge on any atom is -0.486 e. The number of para-hydroxylation sites is 2. The second-order valence-corrected chi connectivity index (χ2v) is 4.61. The number of hydrogen-bond acceptors (Lipinski definition) is 4. The number of aromatic nitrogens is 1. The fraction of sp³-hybridized carbons (Fsp3) is 0.267. The number of fused-ring (bicyclic) bond motifs is 1. The predicted molar refractivity (Wildman–Crippen MR) is 73.3 cm³/mol. The zero-order valence-electron chi connectivity index (χ0n) is 10.6. The number of nitrogens with zero attached hydrogens (tertiary/aromatic N) is 1. The maximum Gasteiger partial charge on any atom is 0.161 e. The van der Waals surface area contributed by atoms with Crippen LogP contribution in [0.5, 0.6) is 11.5 Å². The first-order valence-electron chi connectivity index (χ1n) is 6.40. The molecule has 1 atom stereocenters. The van der Waals surface area contributed by atoms with Gasteiger partial charge in [0.15, 0.2) is 11.5 Å². The number of anilines is 1. The van der Waals surface area contributed by atoms with Crippen molar-refractivity contribution < 1.29 is 9.47 Å². The van der Waals surface area contributed by atoms with E-state index in [4.69, 9.17) is 15.2 Å². The van der Waals surface area contributed by atoms with Crippen molar-refractivity contribution in [3.05, 3.63) is 48.3 Å². The number of ether oxygens (including phenoxy) is 2. The molecule has 2 N–H and O–H groups in total. The summed E-state index contributed by atoms with van der Waals surface area (Å²) in [6, 6.07) is 9.70. The van der Waals surface area contributed by atoms with Gasteiger partial charge in [0, 0.05) is 6.20 Å². The lowest BCUT2D eigenvalue weighted by Gasteiger charge is -2.26. The van der Waals surface area contributed by atoms with Crippen LogP contribution in [0.15, 0.2) is 42.7 Å². The Morgan fingerprint density at radius 2 is 2.05 bits per heavy atom. The van der Waals surface area contributed by atoms with Gasteiger partial charge in [-0.2, -0.15) is 0 Å². The standard InChI is InChI=1S/C15H16N2O2/c16-13-9-17-8-7-11(13)5-6-12-10-18-14-3-1-2-4-15(14)19-12/h1-4,7-9,12H,5-6,10,16H2/t12-/m1/s1. The van der Waals surface area contributed by atoms with E-state index in [1.165, 1.54) is 0 Å². The number of nitrogens with two attached hydrogens (primary N) is 1. The van der Waals surface area contributed by atoms with E-state index in [-0.39, 0.29) is 6.10 Å². The van der Waals surface area contributed by atoms with Gasteiger partial charge in [-0.05, 0) is 36.6 Å². The van der Waals surface area contributed by atoms with Gasteiger partial charge in [-0.1, -0.05) is 12.1 Å². The Balaban J connectivity index is 1.62. The van der Waals surface area contributed by atoms with E-state index < -0.39 is 0 Å². The molecule has 2 aromatic rings. The lowest BCUT2D eigenvalue weighted by Crippen LogP contribution is -2.29. The van der Waals surface area contributed by atoms with Crippen LogP contribution >= 0.6 is 0 Å². The monoisotopic (exact) mass is 256 g/mol.